The first-order valence-electron chi connectivity index (χ1n) is 6.07. The van der Waals surface area contributed by atoms with E-state index in [2.05, 4.69) is 4.84 Å². The highest BCUT2D eigenvalue weighted by atomic mass is 16.6. The van der Waals surface area contributed by atoms with Gasteiger partial charge < -0.3 is 9.74 Å². The number of nitrogens with zero attached hydrogens (tertiary/aromatic N) is 2. The fourth-order valence-electron chi connectivity index (χ4n) is 1.97. The average Bonchev–Trinajstić information content (AvgIpc) is 2.42. The number of hydrogen-bond acceptors (Lipinski definition) is 5. The summed E-state index contributed by atoms with van der Waals surface area (Å²) in [6.45, 7) is 0.922. The molecule has 6 nitrogen and oxygen atoms in total. The summed E-state index contributed by atoms with van der Waals surface area (Å²) in [5.41, 5.74) is 1.97. The van der Waals surface area contributed by atoms with E-state index in [1.54, 1.807) is 4.90 Å². The topological polar surface area (TPSA) is 75.9 Å². The SMILES string of the molecule is CN1C(=O)CN(c2ccc(CCON)cc2)CC1=O. The van der Waals surface area contributed by atoms with E-state index in [4.69, 9.17) is 5.90 Å². The number of imide groups is 1. The molecular formula is C13H17N3O3. The Balaban J connectivity index is 2.06. The molecule has 102 valence electrons. The van der Waals surface area contributed by atoms with Gasteiger partial charge in [0.25, 0.3) is 0 Å². The van der Waals surface area contributed by atoms with Gasteiger partial charge in [0.1, 0.15) is 0 Å². The van der Waals surface area contributed by atoms with Crippen LogP contribution in [0.3, 0.4) is 0 Å². The number of piperazine rings is 1. The van der Waals surface area contributed by atoms with Crippen LogP contribution in [-0.4, -0.2) is 43.5 Å². The van der Waals surface area contributed by atoms with E-state index >= 15 is 0 Å². The van der Waals surface area contributed by atoms with Crippen LogP contribution < -0.4 is 10.8 Å². The molecule has 0 saturated carbocycles. The lowest BCUT2D eigenvalue weighted by molar-refractivity contribution is -0.143. The lowest BCUT2D eigenvalue weighted by Gasteiger charge is -2.32. The smallest absolute Gasteiger partial charge is 0.248 e. The quantitative estimate of drug-likeness (QED) is 0.607. The summed E-state index contributed by atoms with van der Waals surface area (Å²) in [7, 11) is 1.51. The zero-order chi connectivity index (χ0) is 13.8. The molecule has 0 unspecified atom stereocenters. The highest BCUT2D eigenvalue weighted by Crippen LogP contribution is 2.18. The van der Waals surface area contributed by atoms with E-state index in [0.29, 0.717) is 6.61 Å². The third-order valence-corrected chi connectivity index (χ3v) is 3.21. The van der Waals surface area contributed by atoms with Crippen LogP contribution >= 0.6 is 0 Å². The highest BCUT2D eigenvalue weighted by molar-refractivity contribution is 6.02. The number of anilines is 1. The summed E-state index contributed by atoms with van der Waals surface area (Å²) in [5.74, 6) is 4.61. The molecule has 1 aromatic carbocycles. The Morgan fingerprint density at radius 3 is 2.26 bits per heavy atom. The molecule has 0 aromatic heterocycles. The van der Waals surface area contributed by atoms with Crippen LogP contribution in [0.1, 0.15) is 5.56 Å². The van der Waals surface area contributed by atoms with Crippen LogP contribution in [0.25, 0.3) is 0 Å². The Morgan fingerprint density at radius 2 is 1.74 bits per heavy atom. The molecule has 0 radical (unpaired) electrons. The second kappa shape index (κ2) is 5.81. The molecule has 0 bridgehead atoms. The van der Waals surface area contributed by atoms with Crippen molar-refractivity contribution in [3.8, 4) is 0 Å². The number of likely N-dealkylation sites (N-methyl/N-ethyl adjacent to an activating group) is 1. The minimum Gasteiger partial charge on any atom is -0.353 e. The van der Waals surface area contributed by atoms with E-state index < -0.39 is 0 Å². The maximum atomic E-state index is 11.6. The minimum absolute atomic E-state index is 0.183. The summed E-state index contributed by atoms with van der Waals surface area (Å²) >= 11 is 0. The van der Waals surface area contributed by atoms with Crippen molar-refractivity contribution < 1.29 is 14.4 Å². The normalized spacial score (nSPS) is 16.1. The van der Waals surface area contributed by atoms with Crippen LogP contribution in [-0.2, 0) is 20.8 Å². The van der Waals surface area contributed by atoms with Gasteiger partial charge in [-0.3, -0.25) is 14.5 Å². The molecule has 0 atom stereocenters. The van der Waals surface area contributed by atoms with Crippen LogP contribution in [0.4, 0.5) is 5.69 Å². The molecule has 0 aliphatic carbocycles. The van der Waals surface area contributed by atoms with Crippen LogP contribution in [0.2, 0.25) is 0 Å². The van der Waals surface area contributed by atoms with E-state index in [1.165, 1.54) is 11.9 Å². The molecule has 1 saturated heterocycles. The maximum absolute atomic E-state index is 11.6. The molecule has 1 heterocycles. The number of rotatable bonds is 4. The molecule has 1 aliphatic rings. The third kappa shape index (κ3) is 3.10. The molecule has 19 heavy (non-hydrogen) atoms. The van der Waals surface area contributed by atoms with Gasteiger partial charge in [0.15, 0.2) is 0 Å². The summed E-state index contributed by atoms with van der Waals surface area (Å²) in [6, 6.07) is 7.69. The number of carbonyl (C=O) groups is 2. The molecule has 1 aromatic rings. The Morgan fingerprint density at radius 1 is 1.16 bits per heavy atom. The first kappa shape index (κ1) is 13.5. The van der Waals surface area contributed by atoms with Gasteiger partial charge in [0, 0.05) is 12.7 Å². The van der Waals surface area contributed by atoms with Gasteiger partial charge in [-0.05, 0) is 24.1 Å². The van der Waals surface area contributed by atoms with Crippen molar-refractivity contribution in [2.75, 3.05) is 31.6 Å². The number of amides is 2. The van der Waals surface area contributed by atoms with Crippen molar-refractivity contribution in [3.05, 3.63) is 29.8 Å². The Bertz CT molecular complexity index is 455. The molecule has 2 amide bonds. The van der Waals surface area contributed by atoms with Crippen molar-refractivity contribution in [1.29, 1.82) is 0 Å². The number of benzene rings is 1. The summed E-state index contributed by atoms with van der Waals surface area (Å²) in [4.78, 5) is 30.7. The first-order chi connectivity index (χ1) is 9.11. The monoisotopic (exact) mass is 263 g/mol. The van der Waals surface area contributed by atoms with Crippen molar-refractivity contribution in [2.24, 2.45) is 5.90 Å². The Hall–Kier alpha value is -1.92. The average molecular weight is 263 g/mol. The van der Waals surface area contributed by atoms with E-state index in [0.717, 1.165) is 17.7 Å². The Labute approximate surface area is 111 Å². The second-order valence-electron chi connectivity index (χ2n) is 4.49. The summed E-state index contributed by atoms with van der Waals surface area (Å²) in [5, 5.41) is 0. The maximum Gasteiger partial charge on any atom is 0.248 e. The van der Waals surface area contributed by atoms with Gasteiger partial charge in [0.2, 0.25) is 11.8 Å². The van der Waals surface area contributed by atoms with Crippen LogP contribution in [0.15, 0.2) is 24.3 Å². The fourth-order valence-corrected chi connectivity index (χ4v) is 1.97. The summed E-state index contributed by atoms with van der Waals surface area (Å²) < 4.78 is 0. The van der Waals surface area contributed by atoms with E-state index in [1.807, 2.05) is 24.3 Å². The number of hydrogen-bond donors (Lipinski definition) is 1. The largest absolute Gasteiger partial charge is 0.353 e. The van der Waals surface area contributed by atoms with Gasteiger partial charge >= 0.3 is 0 Å². The minimum atomic E-state index is -0.183. The van der Waals surface area contributed by atoms with Gasteiger partial charge in [-0.15, -0.1) is 0 Å². The van der Waals surface area contributed by atoms with Crippen molar-refractivity contribution in [3.63, 3.8) is 0 Å². The zero-order valence-corrected chi connectivity index (χ0v) is 10.8. The fraction of sp³-hybridized carbons (Fsp3) is 0.385. The lowest BCUT2D eigenvalue weighted by atomic mass is 10.1. The molecular weight excluding hydrogens is 246 g/mol. The first-order valence-corrected chi connectivity index (χ1v) is 6.07. The van der Waals surface area contributed by atoms with Crippen LogP contribution in [0.5, 0.6) is 0 Å². The lowest BCUT2D eigenvalue weighted by Crippen LogP contribution is -2.52. The van der Waals surface area contributed by atoms with Gasteiger partial charge in [-0.25, -0.2) is 5.90 Å². The second-order valence-corrected chi connectivity index (χ2v) is 4.49. The van der Waals surface area contributed by atoms with Crippen molar-refractivity contribution >= 4 is 17.5 Å². The predicted octanol–water partition coefficient (Wildman–Crippen LogP) is -0.0756. The predicted molar refractivity (Wildman–Crippen MR) is 70.3 cm³/mol. The standard InChI is InChI=1S/C13H17N3O3/c1-15-12(17)8-16(9-13(15)18)11-4-2-10(3-5-11)6-7-19-14/h2-5H,6-9,14H2,1H3. The van der Waals surface area contributed by atoms with Crippen LogP contribution in [0, 0.1) is 0 Å². The molecule has 2 N–H and O–H groups in total. The van der Waals surface area contributed by atoms with E-state index in [9.17, 15) is 9.59 Å². The number of carbonyl (C=O) groups excluding carboxylic acids is 2. The molecule has 0 spiro atoms. The van der Waals surface area contributed by atoms with Crippen molar-refractivity contribution in [2.45, 2.75) is 6.42 Å². The number of nitrogens with two attached hydrogens (primary N) is 1. The van der Waals surface area contributed by atoms with Gasteiger partial charge in [-0.1, -0.05) is 12.1 Å². The van der Waals surface area contributed by atoms with E-state index in [-0.39, 0.29) is 24.9 Å². The van der Waals surface area contributed by atoms with Crippen molar-refractivity contribution in [1.82, 2.24) is 4.90 Å². The molecule has 1 fully saturated rings. The van der Waals surface area contributed by atoms with Gasteiger partial charge in [-0.2, -0.15) is 0 Å². The molecule has 1 aliphatic heterocycles. The third-order valence-electron chi connectivity index (χ3n) is 3.21. The molecule has 6 heteroatoms. The molecule has 2 rings (SSSR count). The zero-order valence-electron chi connectivity index (χ0n) is 10.8. The summed E-state index contributed by atoms with van der Waals surface area (Å²) in [6.07, 6.45) is 0.734. The highest BCUT2D eigenvalue weighted by Gasteiger charge is 2.27. The Kier molecular flexibility index (Phi) is 4.13. The van der Waals surface area contributed by atoms with Gasteiger partial charge in [0.05, 0.1) is 19.7 Å².